The van der Waals surface area contributed by atoms with E-state index in [1.807, 2.05) is 19.1 Å². The summed E-state index contributed by atoms with van der Waals surface area (Å²) >= 11 is 0. The molecule has 1 fully saturated rings. The van der Waals surface area contributed by atoms with Crippen LogP contribution in [0, 0.1) is 6.92 Å². The Labute approximate surface area is 126 Å². The van der Waals surface area contributed by atoms with Crippen molar-refractivity contribution in [1.82, 2.24) is 10.2 Å². The molecule has 0 saturated carbocycles. The summed E-state index contributed by atoms with van der Waals surface area (Å²) in [6, 6.07) is 6.34. The number of hydrogen-bond donors (Lipinski definition) is 1. The molecule has 3 amide bonds. The van der Waals surface area contributed by atoms with Crippen LogP contribution in [0.15, 0.2) is 33.5 Å². The number of benzene rings is 1. The molecule has 6 heteroatoms. The first-order chi connectivity index (χ1) is 10.3. The highest BCUT2D eigenvalue weighted by Gasteiger charge is 2.44. The van der Waals surface area contributed by atoms with Crippen molar-refractivity contribution in [3.05, 3.63) is 45.8 Å². The molecule has 22 heavy (non-hydrogen) atoms. The quantitative estimate of drug-likeness (QED) is 0.679. The van der Waals surface area contributed by atoms with E-state index in [4.69, 9.17) is 4.42 Å². The summed E-state index contributed by atoms with van der Waals surface area (Å²) in [4.78, 5) is 37.1. The summed E-state index contributed by atoms with van der Waals surface area (Å²) in [6.07, 6.45) is 0. The summed E-state index contributed by atoms with van der Waals surface area (Å²) in [7, 11) is 0. The van der Waals surface area contributed by atoms with E-state index in [-0.39, 0.29) is 12.5 Å². The van der Waals surface area contributed by atoms with Gasteiger partial charge in [-0.3, -0.25) is 9.69 Å². The van der Waals surface area contributed by atoms with Crippen molar-refractivity contribution in [2.45, 2.75) is 32.9 Å². The predicted molar refractivity (Wildman–Crippen MR) is 80.4 cm³/mol. The molecule has 6 nitrogen and oxygen atoms in total. The summed E-state index contributed by atoms with van der Waals surface area (Å²) in [5.41, 5.74) is 0.577. The van der Waals surface area contributed by atoms with Crippen LogP contribution in [0.4, 0.5) is 4.79 Å². The van der Waals surface area contributed by atoms with E-state index in [9.17, 15) is 14.4 Å². The number of fused-ring (bicyclic) bond motifs is 1. The molecule has 1 N–H and O–H groups in total. The van der Waals surface area contributed by atoms with Crippen LogP contribution in [0.3, 0.4) is 0 Å². The van der Waals surface area contributed by atoms with Crippen molar-refractivity contribution in [2.75, 3.05) is 0 Å². The minimum atomic E-state index is -0.928. The molecule has 1 aromatic heterocycles. The Morgan fingerprint density at radius 2 is 1.91 bits per heavy atom. The molecule has 1 aliphatic heterocycles. The van der Waals surface area contributed by atoms with E-state index < -0.39 is 17.2 Å². The number of aryl methyl sites for hydroxylation is 1. The molecular formula is C16H16N2O4. The second-order valence-corrected chi connectivity index (χ2v) is 6.04. The summed E-state index contributed by atoms with van der Waals surface area (Å²) in [6.45, 7) is 5.23. The third-order valence-electron chi connectivity index (χ3n) is 3.76. The number of hydrogen-bond acceptors (Lipinski definition) is 4. The maximum atomic E-state index is 12.3. The van der Waals surface area contributed by atoms with Gasteiger partial charge in [-0.2, -0.15) is 0 Å². The monoisotopic (exact) mass is 300 g/mol. The Bertz CT molecular complexity index is 851. The topological polar surface area (TPSA) is 79.6 Å². The van der Waals surface area contributed by atoms with Crippen LogP contribution in [0.1, 0.15) is 25.0 Å². The average Bonchev–Trinajstić information content (AvgIpc) is 2.60. The molecule has 3 rings (SSSR count). The molecule has 1 aromatic carbocycles. The normalized spacial score (nSPS) is 17.1. The van der Waals surface area contributed by atoms with Gasteiger partial charge < -0.3 is 9.73 Å². The van der Waals surface area contributed by atoms with Crippen LogP contribution >= 0.6 is 0 Å². The smallest absolute Gasteiger partial charge is 0.336 e. The number of nitrogens with zero attached hydrogens (tertiary/aromatic N) is 1. The van der Waals surface area contributed by atoms with Crippen LogP contribution < -0.4 is 10.9 Å². The standard InChI is InChI=1S/C16H16N2O4/c1-9-4-5-11-10(7-13(19)22-12(11)6-9)8-18-14(20)16(2,3)17-15(18)21/h4-7H,8H2,1-3H3,(H,17,21). The molecule has 114 valence electrons. The number of rotatable bonds is 2. The van der Waals surface area contributed by atoms with Crippen molar-refractivity contribution >= 4 is 22.9 Å². The fraction of sp³-hybridized carbons (Fsp3) is 0.312. The Hall–Kier alpha value is -2.63. The summed E-state index contributed by atoms with van der Waals surface area (Å²) < 4.78 is 5.18. The van der Waals surface area contributed by atoms with Crippen LogP contribution in [0.25, 0.3) is 11.0 Å². The molecule has 0 radical (unpaired) electrons. The highest BCUT2D eigenvalue weighted by molar-refractivity contribution is 6.06. The van der Waals surface area contributed by atoms with Gasteiger partial charge in [-0.15, -0.1) is 0 Å². The largest absolute Gasteiger partial charge is 0.423 e. The third kappa shape index (κ3) is 2.26. The van der Waals surface area contributed by atoms with Gasteiger partial charge in [0.2, 0.25) is 0 Å². The van der Waals surface area contributed by atoms with E-state index in [2.05, 4.69) is 5.32 Å². The first kappa shape index (κ1) is 14.3. The third-order valence-corrected chi connectivity index (χ3v) is 3.76. The number of carbonyl (C=O) groups excluding carboxylic acids is 2. The zero-order chi connectivity index (χ0) is 16.1. The SMILES string of the molecule is Cc1ccc2c(CN3C(=O)NC(C)(C)C3=O)cc(=O)oc2c1. The summed E-state index contributed by atoms with van der Waals surface area (Å²) in [5, 5.41) is 3.34. The van der Waals surface area contributed by atoms with Gasteiger partial charge in [0.1, 0.15) is 11.1 Å². The Balaban J connectivity index is 2.06. The Morgan fingerprint density at radius 1 is 1.18 bits per heavy atom. The molecule has 1 aliphatic rings. The van der Waals surface area contributed by atoms with Gasteiger partial charge in [0, 0.05) is 11.5 Å². The lowest BCUT2D eigenvalue weighted by Crippen LogP contribution is -2.40. The molecule has 0 spiro atoms. The molecule has 0 aliphatic carbocycles. The zero-order valence-electron chi connectivity index (χ0n) is 12.6. The van der Waals surface area contributed by atoms with E-state index in [0.29, 0.717) is 11.1 Å². The van der Waals surface area contributed by atoms with Gasteiger partial charge in [0.25, 0.3) is 5.91 Å². The highest BCUT2D eigenvalue weighted by atomic mass is 16.4. The number of urea groups is 1. The first-order valence-corrected chi connectivity index (χ1v) is 6.95. The Morgan fingerprint density at radius 3 is 2.55 bits per heavy atom. The molecule has 0 bridgehead atoms. The summed E-state index contributed by atoms with van der Waals surface area (Å²) in [5.74, 6) is -0.314. The van der Waals surface area contributed by atoms with Gasteiger partial charge >= 0.3 is 11.7 Å². The lowest BCUT2D eigenvalue weighted by Gasteiger charge is -2.16. The van der Waals surface area contributed by atoms with E-state index in [1.54, 1.807) is 19.9 Å². The van der Waals surface area contributed by atoms with Gasteiger partial charge in [-0.05, 0) is 38.0 Å². The highest BCUT2D eigenvalue weighted by Crippen LogP contribution is 2.23. The van der Waals surface area contributed by atoms with Gasteiger partial charge in [0.15, 0.2) is 0 Å². The maximum absolute atomic E-state index is 12.3. The molecule has 0 unspecified atom stereocenters. The molecular weight excluding hydrogens is 284 g/mol. The van der Waals surface area contributed by atoms with Crippen molar-refractivity contribution in [3.63, 3.8) is 0 Å². The minimum absolute atomic E-state index is 0.0409. The van der Waals surface area contributed by atoms with Crippen LogP contribution in [-0.2, 0) is 11.3 Å². The lowest BCUT2D eigenvalue weighted by molar-refractivity contribution is -0.130. The number of amides is 3. The lowest BCUT2D eigenvalue weighted by atomic mass is 10.1. The van der Waals surface area contributed by atoms with E-state index in [1.165, 1.54) is 6.07 Å². The number of imide groups is 1. The Kier molecular flexibility index (Phi) is 3.05. The fourth-order valence-electron chi connectivity index (χ4n) is 2.60. The van der Waals surface area contributed by atoms with Crippen LogP contribution in [0.5, 0.6) is 0 Å². The molecule has 2 heterocycles. The average molecular weight is 300 g/mol. The van der Waals surface area contributed by atoms with Gasteiger partial charge in [0.05, 0.1) is 6.54 Å². The predicted octanol–water partition coefficient (Wildman–Crippen LogP) is 1.93. The first-order valence-electron chi connectivity index (χ1n) is 6.95. The zero-order valence-corrected chi connectivity index (χ0v) is 12.6. The van der Waals surface area contributed by atoms with E-state index >= 15 is 0 Å². The molecule has 1 saturated heterocycles. The second kappa shape index (κ2) is 4.69. The van der Waals surface area contributed by atoms with Gasteiger partial charge in [-0.1, -0.05) is 12.1 Å². The number of nitrogens with one attached hydrogen (secondary N) is 1. The van der Waals surface area contributed by atoms with Crippen LogP contribution in [-0.4, -0.2) is 22.4 Å². The second-order valence-electron chi connectivity index (χ2n) is 6.04. The van der Waals surface area contributed by atoms with Crippen molar-refractivity contribution in [3.8, 4) is 0 Å². The number of carbonyl (C=O) groups is 2. The van der Waals surface area contributed by atoms with E-state index in [0.717, 1.165) is 15.8 Å². The van der Waals surface area contributed by atoms with Crippen molar-refractivity contribution < 1.29 is 14.0 Å². The van der Waals surface area contributed by atoms with Gasteiger partial charge in [-0.25, -0.2) is 9.59 Å². The fourth-order valence-corrected chi connectivity index (χ4v) is 2.60. The molecule has 2 aromatic rings. The van der Waals surface area contributed by atoms with Crippen molar-refractivity contribution in [2.24, 2.45) is 0 Å². The maximum Gasteiger partial charge on any atom is 0.336 e. The molecule has 0 atom stereocenters. The van der Waals surface area contributed by atoms with Crippen LogP contribution in [0.2, 0.25) is 0 Å². The minimum Gasteiger partial charge on any atom is -0.423 e. The van der Waals surface area contributed by atoms with Crippen molar-refractivity contribution in [1.29, 1.82) is 0 Å².